The van der Waals surface area contributed by atoms with Crippen molar-refractivity contribution in [2.75, 3.05) is 12.1 Å². The lowest BCUT2D eigenvalue weighted by molar-refractivity contribution is -0.837. The number of allylic oxidation sites excluding steroid dienone is 1. The van der Waals surface area contributed by atoms with Crippen LogP contribution in [0.25, 0.3) is 0 Å². The topological polar surface area (TPSA) is 137 Å². The van der Waals surface area contributed by atoms with E-state index in [1.807, 2.05) is 44.3 Å². The first kappa shape index (κ1) is 16.4. The van der Waals surface area contributed by atoms with Gasteiger partial charge in [0.25, 0.3) is 0 Å². The maximum atomic E-state index is 11.8. The maximum Gasteiger partial charge on any atom is 0.326 e. The monoisotopic (exact) mass is 299 g/mol. The van der Waals surface area contributed by atoms with Gasteiger partial charge in [-0.3, -0.25) is 4.79 Å². The molecule has 1 atom stereocenters. The number of amides is 1. The smallest absolute Gasteiger partial charge is 0.326 e. The molecule has 110 valence electrons. The van der Waals surface area contributed by atoms with Crippen molar-refractivity contribution in [3.63, 3.8) is 0 Å². The Balaban J connectivity index is 0.000000347. The van der Waals surface area contributed by atoms with Crippen molar-refractivity contribution >= 4 is 19.4 Å². The Kier molecular flexibility index (Phi) is 5.04. The summed E-state index contributed by atoms with van der Waals surface area (Å²) in [5.74, 6) is -0.129. The fourth-order valence-electron chi connectivity index (χ4n) is 1.68. The van der Waals surface area contributed by atoms with Crippen LogP contribution in [0.2, 0.25) is 0 Å². The van der Waals surface area contributed by atoms with Crippen LogP contribution in [0.3, 0.4) is 0 Å². The lowest BCUT2D eigenvalue weighted by atomic mass is 10.3. The second kappa shape index (κ2) is 6.17. The van der Waals surface area contributed by atoms with E-state index >= 15 is 0 Å². The van der Waals surface area contributed by atoms with Gasteiger partial charge >= 0.3 is 5.91 Å². The molecule has 8 nitrogen and oxygen atoms in total. The number of hydrogen-bond acceptors (Lipinski definition) is 6. The van der Waals surface area contributed by atoms with Gasteiger partial charge in [0.15, 0.2) is 11.4 Å². The number of nitrogens with two attached hydrogens (primary N) is 1. The molecule has 0 spiro atoms. The number of quaternary nitrogens is 1. The summed E-state index contributed by atoms with van der Waals surface area (Å²) in [4.78, 5) is 37.5. The third-order valence-electron chi connectivity index (χ3n) is 2.73. The first-order valence-corrected chi connectivity index (χ1v) is 7.02. The summed E-state index contributed by atoms with van der Waals surface area (Å²) in [6, 6.07) is 9.52. The lowest BCUT2D eigenvalue weighted by Crippen LogP contribution is -3.13. The van der Waals surface area contributed by atoms with E-state index in [1.54, 1.807) is 5.01 Å². The molecule has 0 bridgehead atoms. The minimum absolute atomic E-state index is 0.129. The molecule has 2 rings (SSSR count). The number of benzene rings is 1. The summed E-state index contributed by atoms with van der Waals surface area (Å²) in [5.41, 5.74) is 7.78. The quantitative estimate of drug-likeness (QED) is 0.525. The van der Waals surface area contributed by atoms with Crippen molar-refractivity contribution in [2.45, 2.75) is 6.92 Å². The van der Waals surface area contributed by atoms with Gasteiger partial charge in [0.1, 0.15) is 0 Å². The Bertz CT molecular complexity index is 560. The summed E-state index contributed by atoms with van der Waals surface area (Å²) in [7, 11) is -3.49. The molecule has 20 heavy (non-hydrogen) atoms. The van der Waals surface area contributed by atoms with Gasteiger partial charge in [-0.25, -0.2) is 0 Å². The van der Waals surface area contributed by atoms with E-state index in [1.165, 1.54) is 0 Å². The normalized spacial score (nSPS) is 18.9. The molecule has 0 saturated carbocycles. The van der Waals surface area contributed by atoms with Gasteiger partial charge in [-0.15, -0.1) is 5.01 Å². The van der Waals surface area contributed by atoms with Crippen molar-refractivity contribution < 1.29 is 29.0 Å². The number of carbonyl (C=O) groups excluding carboxylic acids is 1. The highest BCUT2D eigenvalue weighted by atomic mass is 31.2. The molecule has 1 aromatic rings. The predicted octanol–water partition coefficient (Wildman–Crippen LogP) is -3.17. The van der Waals surface area contributed by atoms with E-state index in [9.17, 15) is 4.79 Å². The second-order valence-corrected chi connectivity index (χ2v) is 4.94. The summed E-state index contributed by atoms with van der Waals surface area (Å²) >= 11 is 0. The molecule has 1 aliphatic rings. The zero-order valence-corrected chi connectivity index (χ0v) is 11.8. The summed E-state index contributed by atoms with van der Waals surface area (Å²) in [5, 5.41) is 2.55. The van der Waals surface area contributed by atoms with Crippen LogP contribution in [0, 0.1) is 0 Å². The number of carbonyl (C=O) groups is 1. The van der Waals surface area contributed by atoms with Crippen molar-refractivity contribution in [1.29, 1.82) is 0 Å². The molecular formula is C11H14N3O5P-2. The van der Waals surface area contributed by atoms with Crippen LogP contribution in [0.4, 0.5) is 5.69 Å². The predicted molar refractivity (Wildman–Crippen MR) is 65.3 cm³/mol. The molecule has 1 aliphatic heterocycles. The number of rotatable bonds is 1. The fourth-order valence-corrected chi connectivity index (χ4v) is 1.68. The average molecular weight is 299 g/mol. The Morgan fingerprint density at radius 1 is 1.20 bits per heavy atom. The highest BCUT2D eigenvalue weighted by Gasteiger charge is 2.37. The number of phosphoric acid groups is 1. The third-order valence-corrected chi connectivity index (χ3v) is 2.73. The summed E-state index contributed by atoms with van der Waals surface area (Å²) < 4.78 is 8.55. The first-order chi connectivity index (χ1) is 9.13. The van der Waals surface area contributed by atoms with Crippen LogP contribution in [0.5, 0.6) is 0 Å². The highest BCUT2D eigenvalue weighted by Crippen LogP contribution is 2.14. The minimum atomic E-state index is -5.39. The van der Waals surface area contributed by atoms with Crippen LogP contribution < -0.4 is 30.4 Å². The van der Waals surface area contributed by atoms with Crippen molar-refractivity contribution in [1.82, 2.24) is 0 Å². The fraction of sp³-hybridized carbons (Fsp3) is 0.182. The van der Waals surface area contributed by atoms with Crippen LogP contribution >= 0.6 is 7.82 Å². The first-order valence-electron chi connectivity index (χ1n) is 5.55. The van der Waals surface area contributed by atoms with Gasteiger partial charge in [-0.2, -0.15) is 12.8 Å². The zero-order chi connectivity index (χ0) is 15.5. The van der Waals surface area contributed by atoms with E-state index < -0.39 is 7.82 Å². The van der Waals surface area contributed by atoms with E-state index in [0.717, 1.165) is 16.4 Å². The molecule has 0 saturated heterocycles. The van der Waals surface area contributed by atoms with E-state index in [4.69, 9.17) is 25.0 Å². The van der Waals surface area contributed by atoms with Crippen LogP contribution in [-0.2, 0) is 9.36 Å². The van der Waals surface area contributed by atoms with Gasteiger partial charge in [-0.1, -0.05) is 18.2 Å². The van der Waals surface area contributed by atoms with Gasteiger partial charge < -0.3 is 25.0 Å². The van der Waals surface area contributed by atoms with Gasteiger partial charge in [0.2, 0.25) is 0 Å². The molecule has 0 fully saturated rings. The van der Waals surface area contributed by atoms with Crippen LogP contribution in [0.1, 0.15) is 6.92 Å². The highest BCUT2D eigenvalue weighted by molar-refractivity contribution is 7.40. The molecule has 9 heteroatoms. The largest absolute Gasteiger partial charge is 0.822 e. The van der Waals surface area contributed by atoms with Crippen LogP contribution in [0.15, 0.2) is 41.7 Å². The lowest BCUT2D eigenvalue weighted by Gasteiger charge is -2.36. The number of nitrogens with one attached hydrogen (secondary N) is 1. The SMILES string of the molecule is CC1=C(N)C(=O)N(c2ccccc2)[NH+]1C.O=P([O-])([O-])[O-]. The molecule has 3 N–H and O–H groups in total. The van der Waals surface area contributed by atoms with E-state index in [2.05, 4.69) is 0 Å². The Labute approximate surface area is 115 Å². The molecule has 1 heterocycles. The minimum Gasteiger partial charge on any atom is -0.822 e. The third kappa shape index (κ3) is 4.16. The Morgan fingerprint density at radius 2 is 1.65 bits per heavy atom. The maximum absolute atomic E-state index is 11.8. The number of hydrogen-bond donors (Lipinski definition) is 2. The van der Waals surface area contributed by atoms with E-state index in [0.29, 0.717) is 5.70 Å². The average Bonchev–Trinajstić information content (AvgIpc) is 2.53. The summed E-state index contributed by atoms with van der Waals surface area (Å²) in [6.45, 7) is 1.87. The van der Waals surface area contributed by atoms with Crippen LogP contribution in [-0.4, -0.2) is 13.0 Å². The molecule has 0 radical (unpaired) electrons. The van der Waals surface area contributed by atoms with E-state index in [-0.39, 0.29) is 5.91 Å². The second-order valence-electron chi connectivity index (χ2n) is 4.05. The molecule has 1 unspecified atom stereocenters. The Hall–Kier alpha value is -1.70. The van der Waals surface area contributed by atoms with Crippen molar-refractivity contribution in [3.05, 3.63) is 41.7 Å². The molecular weight excluding hydrogens is 285 g/mol. The zero-order valence-electron chi connectivity index (χ0n) is 10.9. The van der Waals surface area contributed by atoms with Gasteiger partial charge in [0.05, 0.1) is 12.7 Å². The summed E-state index contributed by atoms with van der Waals surface area (Å²) in [6.07, 6.45) is 0. The molecule has 1 aromatic carbocycles. The molecule has 0 aromatic heterocycles. The molecule has 0 aliphatic carbocycles. The number of para-hydroxylation sites is 1. The number of nitrogens with zero attached hydrogens (tertiary/aromatic N) is 1. The Morgan fingerprint density at radius 3 is 2.00 bits per heavy atom. The molecule has 1 amide bonds. The van der Waals surface area contributed by atoms with Gasteiger partial charge in [-0.05, 0) is 12.1 Å². The standard InChI is InChI=1S/C11H13N3O.H3O4P/c1-8-10(12)11(15)14(13(8)2)9-6-4-3-5-7-9;1-5(2,3)4/h3-7H,12H2,1-2H3;(H3,1,2,3,4)/p-2. The van der Waals surface area contributed by atoms with Gasteiger partial charge in [0, 0.05) is 6.92 Å². The van der Waals surface area contributed by atoms with Crippen molar-refractivity contribution in [3.8, 4) is 0 Å². The van der Waals surface area contributed by atoms with Crippen molar-refractivity contribution in [2.24, 2.45) is 5.73 Å². The number of anilines is 1.